The Morgan fingerprint density at radius 1 is 1.24 bits per heavy atom. The average molecular weight is 290 g/mol. The number of nitrogens with zero attached hydrogens (tertiary/aromatic N) is 1. The molecule has 0 spiro atoms. The van der Waals surface area contributed by atoms with Gasteiger partial charge in [0.15, 0.2) is 0 Å². The van der Waals surface area contributed by atoms with Crippen LogP contribution in [0.25, 0.3) is 0 Å². The highest BCUT2D eigenvalue weighted by Crippen LogP contribution is 2.34. The number of nitrogens with one attached hydrogen (secondary N) is 1. The van der Waals surface area contributed by atoms with Crippen molar-refractivity contribution in [2.45, 2.75) is 63.6 Å². The van der Waals surface area contributed by atoms with E-state index in [0.717, 1.165) is 25.1 Å². The minimum Gasteiger partial charge on any atom is -0.312 e. The lowest BCUT2D eigenvalue weighted by atomic mass is 9.90. The van der Waals surface area contributed by atoms with Gasteiger partial charge in [-0.15, -0.1) is 0 Å². The van der Waals surface area contributed by atoms with E-state index in [1.165, 1.54) is 32.1 Å². The van der Waals surface area contributed by atoms with Crippen molar-refractivity contribution < 1.29 is 4.39 Å². The molecule has 3 rings (SSSR count). The monoisotopic (exact) mass is 290 g/mol. The standard InChI is InChI=1S/C18H27FN2/c1-2-17(14-8-3-4-9-15(14)19)21-13-6-5-11-18(21)16-10-7-12-20-16/h3-4,8-9,16-18,20H,2,5-7,10-13H2,1H3. The van der Waals surface area contributed by atoms with Gasteiger partial charge >= 0.3 is 0 Å². The molecule has 0 amide bonds. The molecule has 2 nitrogen and oxygen atoms in total. The summed E-state index contributed by atoms with van der Waals surface area (Å²) in [6.07, 6.45) is 7.34. The Balaban J connectivity index is 1.84. The molecule has 0 radical (unpaired) electrons. The molecule has 3 unspecified atom stereocenters. The number of hydrogen-bond donors (Lipinski definition) is 1. The number of benzene rings is 1. The van der Waals surface area contributed by atoms with Crippen molar-refractivity contribution in [3.8, 4) is 0 Å². The molecule has 2 fully saturated rings. The molecule has 0 bridgehead atoms. The van der Waals surface area contributed by atoms with Crippen molar-refractivity contribution in [1.82, 2.24) is 10.2 Å². The lowest BCUT2D eigenvalue weighted by molar-refractivity contribution is 0.0686. The average Bonchev–Trinajstić information content (AvgIpc) is 3.05. The van der Waals surface area contributed by atoms with Crippen LogP contribution in [0, 0.1) is 5.82 Å². The summed E-state index contributed by atoms with van der Waals surface area (Å²) in [4.78, 5) is 2.59. The van der Waals surface area contributed by atoms with Gasteiger partial charge in [0, 0.05) is 23.7 Å². The lowest BCUT2D eigenvalue weighted by Crippen LogP contribution is -2.51. The highest BCUT2D eigenvalue weighted by Gasteiger charge is 2.35. The zero-order chi connectivity index (χ0) is 14.7. The van der Waals surface area contributed by atoms with Gasteiger partial charge in [0.05, 0.1) is 0 Å². The maximum absolute atomic E-state index is 14.2. The van der Waals surface area contributed by atoms with Gasteiger partial charge in [-0.25, -0.2) is 4.39 Å². The summed E-state index contributed by atoms with van der Waals surface area (Å²) in [7, 11) is 0. The van der Waals surface area contributed by atoms with E-state index >= 15 is 0 Å². The summed E-state index contributed by atoms with van der Waals surface area (Å²) in [5, 5.41) is 3.67. The van der Waals surface area contributed by atoms with Crippen LogP contribution in [0.4, 0.5) is 4.39 Å². The van der Waals surface area contributed by atoms with E-state index in [4.69, 9.17) is 0 Å². The molecular formula is C18H27FN2. The van der Waals surface area contributed by atoms with Crippen molar-refractivity contribution in [3.63, 3.8) is 0 Å². The Bertz CT molecular complexity index is 456. The molecule has 0 aliphatic carbocycles. The van der Waals surface area contributed by atoms with Gasteiger partial charge in [-0.2, -0.15) is 0 Å². The Hall–Kier alpha value is -0.930. The normalized spacial score (nSPS) is 28.7. The molecule has 2 heterocycles. The SMILES string of the molecule is CCC(c1ccccc1F)N1CCCCC1C1CCCN1. The van der Waals surface area contributed by atoms with E-state index in [1.807, 2.05) is 12.1 Å². The number of rotatable bonds is 4. The Labute approximate surface area is 127 Å². The maximum Gasteiger partial charge on any atom is 0.127 e. The third-order valence-electron chi connectivity index (χ3n) is 5.21. The van der Waals surface area contributed by atoms with Crippen molar-refractivity contribution in [2.75, 3.05) is 13.1 Å². The second-order valence-electron chi connectivity index (χ2n) is 6.45. The molecular weight excluding hydrogens is 263 g/mol. The molecule has 3 heteroatoms. The summed E-state index contributed by atoms with van der Waals surface area (Å²) >= 11 is 0. The van der Waals surface area contributed by atoms with Crippen molar-refractivity contribution in [1.29, 1.82) is 0 Å². The molecule has 2 saturated heterocycles. The molecule has 1 N–H and O–H groups in total. The maximum atomic E-state index is 14.2. The van der Waals surface area contributed by atoms with Crippen molar-refractivity contribution in [3.05, 3.63) is 35.6 Å². The summed E-state index contributed by atoms with van der Waals surface area (Å²) in [5.41, 5.74) is 0.880. The second kappa shape index (κ2) is 6.89. The van der Waals surface area contributed by atoms with E-state index in [2.05, 4.69) is 17.1 Å². The Morgan fingerprint density at radius 2 is 2.10 bits per heavy atom. The second-order valence-corrected chi connectivity index (χ2v) is 6.45. The number of hydrogen-bond acceptors (Lipinski definition) is 2. The fraction of sp³-hybridized carbons (Fsp3) is 0.667. The van der Waals surface area contributed by atoms with Crippen LogP contribution in [0.1, 0.15) is 57.1 Å². The van der Waals surface area contributed by atoms with Crippen LogP contribution >= 0.6 is 0 Å². The summed E-state index contributed by atoms with van der Waals surface area (Å²) in [6.45, 7) is 4.44. The molecule has 2 aliphatic heterocycles. The van der Waals surface area contributed by atoms with Crippen molar-refractivity contribution in [2.24, 2.45) is 0 Å². The van der Waals surface area contributed by atoms with Crippen LogP contribution in [0.5, 0.6) is 0 Å². The lowest BCUT2D eigenvalue weighted by Gasteiger charge is -2.44. The molecule has 0 saturated carbocycles. The minimum absolute atomic E-state index is 0.0481. The molecule has 1 aromatic rings. The van der Waals surface area contributed by atoms with Crippen LogP contribution in [0.15, 0.2) is 24.3 Å². The van der Waals surface area contributed by atoms with E-state index < -0.39 is 0 Å². The zero-order valence-corrected chi connectivity index (χ0v) is 13.0. The molecule has 2 aliphatic rings. The summed E-state index contributed by atoms with van der Waals surface area (Å²) < 4.78 is 14.2. The Kier molecular flexibility index (Phi) is 4.91. The first-order valence-electron chi connectivity index (χ1n) is 8.55. The van der Waals surface area contributed by atoms with Gasteiger partial charge < -0.3 is 5.32 Å². The highest BCUT2D eigenvalue weighted by atomic mass is 19.1. The Morgan fingerprint density at radius 3 is 2.81 bits per heavy atom. The van der Waals surface area contributed by atoms with Crippen LogP contribution in [0.2, 0.25) is 0 Å². The van der Waals surface area contributed by atoms with Crippen LogP contribution in [-0.2, 0) is 0 Å². The first-order valence-corrected chi connectivity index (χ1v) is 8.55. The first-order chi connectivity index (χ1) is 10.3. The smallest absolute Gasteiger partial charge is 0.127 e. The summed E-state index contributed by atoms with van der Waals surface area (Å²) in [6, 6.07) is 8.73. The first kappa shape index (κ1) is 15.0. The molecule has 0 aromatic heterocycles. The van der Waals surface area contributed by atoms with Gasteiger partial charge in [0.2, 0.25) is 0 Å². The third-order valence-corrected chi connectivity index (χ3v) is 5.21. The molecule has 3 atom stereocenters. The predicted octanol–water partition coefficient (Wildman–Crippen LogP) is 3.88. The van der Waals surface area contributed by atoms with Crippen molar-refractivity contribution >= 4 is 0 Å². The van der Waals surface area contributed by atoms with Gasteiger partial charge in [0.1, 0.15) is 5.82 Å². The minimum atomic E-state index is -0.0481. The number of piperidine rings is 1. The molecule has 116 valence electrons. The van der Waals surface area contributed by atoms with Gasteiger partial charge in [-0.1, -0.05) is 31.5 Å². The van der Waals surface area contributed by atoms with Gasteiger partial charge in [-0.3, -0.25) is 4.90 Å². The fourth-order valence-electron chi connectivity index (χ4n) is 4.22. The van der Waals surface area contributed by atoms with E-state index in [9.17, 15) is 4.39 Å². The summed E-state index contributed by atoms with van der Waals surface area (Å²) in [5.74, 6) is -0.0481. The predicted molar refractivity (Wildman–Crippen MR) is 84.8 cm³/mol. The molecule has 21 heavy (non-hydrogen) atoms. The van der Waals surface area contributed by atoms with Crippen LogP contribution < -0.4 is 5.32 Å². The van der Waals surface area contributed by atoms with Crippen LogP contribution in [-0.4, -0.2) is 30.1 Å². The zero-order valence-electron chi connectivity index (χ0n) is 13.0. The highest BCUT2D eigenvalue weighted by molar-refractivity contribution is 5.22. The third kappa shape index (κ3) is 3.14. The largest absolute Gasteiger partial charge is 0.312 e. The number of likely N-dealkylation sites (tertiary alicyclic amines) is 1. The topological polar surface area (TPSA) is 15.3 Å². The molecule has 1 aromatic carbocycles. The van der Waals surface area contributed by atoms with E-state index in [-0.39, 0.29) is 11.9 Å². The van der Waals surface area contributed by atoms with Gasteiger partial charge in [-0.05, 0) is 51.3 Å². The number of halogens is 1. The fourth-order valence-corrected chi connectivity index (χ4v) is 4.22. The van der Waals surface area contributed by atoms with E-state index in [1.54, 1.807) is 12.1 Å². The van der Waals surface area contributed by atoms with Crippen LogP contribution in [0.3, 0.4) is 0 Å². The van der Waals surface area contributed by atoms with E-state index in [0.29, 0.717) is 12.1 Å². The quantitative estimate of drug-likeness (QED) is 0.905. The van der Waals surface area contributed by atoms with Gasteiger partial charge in [0.25, 0.3) is 0 Å².